The highest BCUT2D eigenvalue weighted by Crippen LogP contribution is 2.03. The molecule has 0 radical (unpaired) electrons. The number of carbonyl (C=O) groups is 2. The highest BCUT2D eigenvalue weighted by atomic mass is 32.1. The molecule has 0 aliphatic carbocycles. The molecule has 0 saturated carbocycles. The highest BCUT2D eigenvalue weighted by Gasteiger charge is 2.18. The van der Waals surface area contributed by atoms with E-state index in [0.29, 0.717) is 6.61 Å². The van der Waals surface area contributed by atoms with Gasteiger partial charge in [0.1, 0.15) is 6.04 Å². The molecule has 0 heterocycles. The molecule has 4 nitrogen and oxygen atoms in total. The van der Waals surface area contributed by atoms with Crippen LogP contribution in [0, 0.1) is 0 Å². The van der Waals surface area contributed by atoms with E-state index < -0.39 is 12.0 Å². The first kappa shape index (κ1) is 16.3. The molecule has 1 amide bonds. The zero-order valence-corrected chi connectivity index (χ0v) is 11.6. The molecule has 17 heavy (non-hydrogen) atoms. The van der Waals surface area contributed by atoms with Gasteiger partial charge in [-0.25, -0.2) is 4.79 Å². The number of hydrogen-bond donors (Lipinski definition) is 2. The highest BCUT2D eigenvalue weighted by molar-refractivity contribution is 7.80. The van der Waals surface area contributed by atoms with Crippen LogP contribution in [0.15, 0.2) is 0 Å². The molecule has 0 fully saturated rings. The van der Waals surface area contributed by atoms with E-state index >= 15 is 0 Å². The molecule has 0 bridgehead atoms. The van der Waals surface area contributed by atoms with Crippen LogP contribution in [0.25, 0.3) is 0 Å². The van der Waals surface area contributed by atoms with Crippen molar-refractivity contribution < 1.29 is 14.3 Å². The van der Waals surface area contributed by atoms with Crippen LogP contribution < -0.4 is 5.32 Å². The molecule has 0 spiro atoms. The lowest BCUT2D eigenvalue weighted by molar-refractivity contribution is -0.147. The summed E-state index contributed by atoms with van der Waals surface area (Å²) in [7, 11) is 0. The molecule has 0 saturated heterocycles. The van der Waals surface area contributed by atoms with Crippen LogP contribution in [-0.2, 0) is 14.3 Å². The lowest BCUT2D eigenvalue weighted by Gasteiger charge is -2.14. The monoisotopic (exact) mass is 261 g/mol. The van der Waals surface area contributed by atoms with Gasteiger partial charge in [-0.05, 0) is 6.42 Å². The van der Waals surface area contributed by atoms with Crippen molar-refractivity contribution >= 4 is 24.5 Å². The predicted molar refractivity (Wildman–Crippen MR) is 71.2 cm³/mol. The van der Waals surface area contributed by atoms with E-state index in [4.69, 9.17) is 4.74 Å². The van der Waals surface area contributed by atoms with Crippen molar-refractivity contribution in [1.29, 1.82) is 0 Å². The van der Waals surface area contributed by atoms with E-state index in [0.717, 1.165) is 12.8 Å². The van der Waals surface area contributed by atoms with E-state index in [2.05, 4.69) is 24.9 Å². The Hall–Kier alpha value is -0.710. The summed E-state index contributed by atoms with van der Waals surface area (Å²) >= 11 is 4.01. The van der Waals surface area contributed by atoms with Gasteiger partial charge in [0.05, 0.1) is 6.61 Å². The first-order valence-corrected chi connectivity index (χ1v) is 6.79. The Kier molecular flexibility index (Phi) is 10.0. The number of hydrogen-bond acceptors (Lipinski definition) is 4. The summed E-state index contributed by atoms with van der Waals surface area (Å²) in [5, 5.41) is 2.50. The van der Waals surface area contributed by atoms with E-state index in [1.807, 2.05) is 0 Å². The Bertz CT molecular complexity index is 234. The summed E-state index contributed by atoms with van der Waals surface area (Å²) in [6.45, 7) is 3.95. The van der Waals surface area contributed by atoms with Gasteiger partial charge < -0.3 is 10.1 Å². The van der Waals surface area contributed by atoms with E-state index in [1.165, 1.54) is 26.2 Å². The average Bonchev–Trinajstić information content (AvgIpc) is 2.30. The molecule has 1 N–H and O–H groups in total. The fourth-order valence-corrected chi connectivity index (χ4v) is 1.64. The molecule has 5 heteroatoms. The molecule has 0 aromatic heterocycles. The largest absolute Gasteiger partial charge is 0.464 e. The van der Waals surface area contributed by atoms with E-state index in [-0.39, 0.29) is 11.7 Å². The first-order valence-electron chi connectivity index (χ1n) is 6.16. The van der Waals surface area contributed by atoms with Crippen molar-refractivity contribution in [2.75, 3.05) is 12.4 Å². The van der Waals surface area contributed by atoms with Crippen LogP contribution in [0.5, 0.6) is 0 Å². The molecule has 0 aliphatic heterocycles. The minimum absolute atomic E-state index is 0.246. The van der Waals surface area contributed by atoms with Crippen LogP contribution in [0.3, 0.4) is 0 Å². The molecular formula is C12H23NO3S. The number of carbonyl (C=O) groups excluding carboxylic acids is 2. The van der Waals surface area contributed by atoms with Crippen LogP contribution in [0.2, 0.25) is 0 Å². The summed E-state index contributed by atoms with van der Waals surface area (Å²) in [6, 6.07) is -0.633. The molecule has 1 atom stereocenters. The Morgan fingerprint density at radius 1 is 1.24 bits per heavy atom. The van der Waals surface area contributed by atoms with Crippen molar-refractivity contribution in [3.8, 4) is 0 Å². The molecule has 0 aliphatic rings. The van der Waals surface area contributed by atoms with E-state index in [9.17, 15) is 9.59 Å². The summed E-state index contributed by atoms with van der Waals surface area (Å²) in [4.78, 5) is 22.3. The first-order chi connectivity index (χ1) is 8.11. The predicted octanol–water partition coefficient (Wildman–Crippen LogP) is 1.93. The van der Waals surface area contributed by atoms with Gasteiger partial charge in [0, 0.05) is 12.7 Å². The molecule has 1 unspecified atom stereocenters. The normalized spacial score (nSPS) is 11.9. The maximum Gasteiger partial charge on any atom is 0.329 e. The van der Waals surface area contributed by atoms with Gasteiger partial charge in [-0.2, -0.15) is 12.6 Å². The fraction of sp³-hybridized carbons (Fsp3) is 0.833. The summed E-state index contributed by atoms with van der Waals surface area (Å²) in [5.41, 5.74) is 0. The third-order valence-electron chi connectivity index (χ3n) is 2.34. The van der Waals surface area contributed by atoms with Crippen LogP contribution in [-0.4, -0.2) is 30.3 Å². The minimum atomic E-state index is -0.633. The van der Waals surface area contributed by atoms with E-state index in [1.54, 1.807) is 0 Å². The number of amides is 1. The van der Waals surface area contributed by atoms with Crippen molar-refractivity contribution in [3.63, 3.8) is 0 Å². The minimum Gasteiger partial charge on any atom is -0.464 e. The number of unbranched alkanes of at least 4 members (excludes halogenated alkanes) is 4. The summed E-state index contributed by atoms with van der Waals surface area (Å²) in [6.07, 6.45) is 5.55. The Morgan fingerprint density at radius 3 is 2.41 bits per heavy atom. The number of thiol groups is 1. The van der Waals surface area contributed by atoms with Gasteiger partial charge >= 0.3 is 5.97 Å². The third kappa shape index (κ3) is 9.03. The van der Waals surface area contributed by atoms with Crippen LogP contribution in [0.1, 0.15) is 46.0 Å². The van der Waals surface area contributed by atoms with Crippen molar-refractivity contribution in [3.05, 3.63) is 0 Å². The number of ether oxygens (including phenoxy) is 1. The smallest absolute Gasteiger partial charge is 0.329 e. The molecule has 100 valence electrons. The molecule has 0 aromatic rings. The van der Waals surface area contributed by atoms with Gasteiger partial charge in [-0.1, -0.05) is 32.6 Å². The lowest BCUT2D eigenvalue weighted by atomic mass is 10.2. The molecule has 0 rings (SSSR count). The second-order valence-electron chi connectivity index (χ2n) is 4.02. The molecular weight excluding hydrogens is 238 g/mol. The number of nitrogens with one attached hydrogen (secondary N) is 1. The summed E-state index contributed by atoms with van der Waals surface area (Å²) < 4.78 is 5.07. The van der Waals surface area contributed by atoms with Crippen LogP contribution in [0.4, 0.5) is 0 Å². The zero-order valence-electron chi connectivity index (χ0n) is 10.7. The zero-order chi connectivity index (χ0) is 13.1. The van der Waals surface area contributed by atoms with Gasteiger partial charge in [0.25, 0.3) is 0 Å². The second-order valence-corrected chi connectivity index (χ2v) is 4.38. The Labute approximate surface area is 109 Å². The number of rotatable bonds is 9. The average molecular weight is 261 g/mol. The number of esters is 1. The quantitative estimate of drug-likeness (QED) is 0.379. The maximum absolute atomic E-state index is 11.5. The van der Waals surface area contributed by atoms with Gasteiger partial charge in [0.15, 0.2) is 0 Å². The maximum atomic E-state index is 11.5. The second kappa shape index (κ2) is 10.4. The Balaban J connectivity index is 3.64. The van der Waals surface area contributed by atoms with Gasteiger partial charge in [-0.3, -0.25) is 4.79 Å². The standard InChI is InChI=1S/C12H23NO3S/c1-3-4-5-6-7-8-16-12(15)11(9-17)13-10(2)14/h11,17H,3-9H2,1-2H3,(H,13,14). The van der Waals surface area contributed by atoms with Crippen molar-refractivity contribution in [1.82, 2.24) is 5.32 Å². The van der Waals surface area contributed by atoms with Crippen molar-refractivity contribution in [2.45, 2.75) is 52.0 Å². The Morgan fingerprint density at radius 2 is 1.88 bits per heavy atom. The van der Waals surface area contributed by atoms with Gasteiger partial charge in [-0.15, -0.1) is 0 Å². The summed E-state index contributed by atoms with van der Waals surface area (Å²) in [5.74, 6) is -0.386. The van der Waals surface area contributed by atoms with Crippen molar-refractivity contribution in [2.24, 2.45) is 0 Å². The van der Waals surface area contributed by atoms with Gasteiger partial charge in [0.2, 0.25) is 5.91 Å². The fourth-order valence-electron chi connectivity index (χ4n) is 1.40. The SMILES string of the molecule is CCCCCCCOC(=O)C(CS)NC(C)=O. The van der Waals surface area contributed by atoms with Crippen LogP contribution >= 0.6 is 12.6 Å². The molecule has 0 aromatic carbocycles. The third-order valence-corrected chi connectivity index (χ3v) is 2.70. The topological polar surface area (TPSA) is 55.4 Å². The lowest BCUT2D eigenvalue weighted by Crippen LogP contribution is -2.42.